The number of hydrogen-bond acceptors (Lipinski definition) is 3. The van der Waals surface area contributed by atoms with Crippen molar-refractivity contribution in [2.75, 3.05) is 7.11 Å². The summed E-state index contributed by atoms with van der Waals surface area (Å²) in [6, 6.07) is 1.75. The first-order valence-corrected chi connectivity index (χ1v) is 5.93. The van der Waals surface area contributed by atoms with E-state index >= 15 is 0 Å². The molecule has 6 heteroatoms. The van der Waals surface area contributed by atoms with Gasteiger partial charge >= 0.3 is 5.97 Å². The van der Waals surface area contributed by atoms with Crippen LogP contribution in [0.2, 0.25) is 5.02 Å². The zero-order valence-corrected chi connectivity index (χ0v) is 11.5. The molecule has 0 spiro atoms. The normalized spacial score (nSPS) is 10.6. The van der Waals surface area contributed by atoms with Gasteiger partial charge in [-0.25, -0.2) is 0 Å². The molecule has 0 aliphatic rings. The number of fused-ring (bicyclic) bond motifs is 1. The molecule has 2 rings (SSSR count). The molecular formula is C11H9BrClNO3. The number of aromatic amines is 1. The van der Waals surface area contributed by atoms with Gasteiger partial charge < -0.3 is 14.5 Å². The average molecular weight is 319 g/mol. The van der Waals surface area contributed by atoms with Gasteiger partial charge in [-0.3, -0.25) is 4.79 Å². The standard InChI is InChI=1S/C11H9BrClNO3/c1-5(15)17-8-4-14-11-7(16-2)3-6(12)10(13)9(8)11/h3-4,14H,1-2H3. The molecule has 0 aliphatic heterocycles. The van der Waals surface area contributed by atoms with Crippen molar-refractivity contribution in [2.45, 2.75) is 6.92 Å². The number of rotatable bonds is 2. The molecule has 1 heterocycles. The third kappa shape index (κ3) is 2.12. The molecule has 0 radical (unpaired) electrons. The SMILES string of the molecule is COc1cc(Br)c(Cl)c2c(OC(C)=O)c[nH]c12. The quantitative estimate of drug-likeness (QED) is 0.862. The highest BCUT2D eigenvalue weighted by molar-refractivity contribution is 9.10. The predicted octanol–water partition coefficient (Wildman–Crippen LogP) is 3.52. The van der Waals surface area contributed by atoms with Crippen molar-refractivity contribution >= 4 is 44.4 Å². The highest BCUT2D eigenvalue weighted by Gasteiger charge is 2.17. The first-order chi connectivity index (χ1) is 8.04. The number of H-pyrrole nitrogens is 1. The van der Waals surface area contributed by atoms with Crippen LogP contribution in [0.1, 0.15) is 6.92 Å². The fourth-order valence-electron chi connectivity index (χ4n) is 1.58. The van der Waals surface area contributed by atoms with Crippen molar-refractivity contribution in [3.63, 3.8) is 0 Å². The number of carbonyl (C=O) groups excluding carboxylic acids is 1. The lowest BCUT2D eigenvalue weighted by Crippen LogP contribution is -2.00. The van der Waals surface area contributed by atoms with E-state index in [2.05, 4.69) is 20.9 Å². The molecule has 1 aromatic carbocycles. The lowest BCUT2D eigenvalue weighted by molar-refractivity contribution is -0.131. The van der Waals surface area contributed by atoms with Gasteiger partial charge in [0.2, 0.25) is 0 Å². The highest BCUT2D eigenvalue weighted by Crippen LogP contribution is 2.41. The summed E-state index contributed by atoms with van der Waals surface area (Å²) in [4.78, 5) is 14.0. The second-order valence-electron chi connectivity index (χ2n) is 3.37. The Bertz CT molecular complexity index is 594. The number of hydrogen-bond donors (Lipinski definition) is 1. The smallest absolute Gasteiger partial charge is 0.308 e. The summed E-state index contributed by atoms with van der Waals surface area (Å²) in [5.41, 5.74) is 0.692. The van der Waals surface area contributed by atoms with E-state index in [1.807, 2.05) is 0 Å². The van der Waals surface area contributed by atoms with Crippen LogP contribution in [-0.4, -0.2) is 18.1 Å². The van der Waals surface area contributed by atoms with Crippen LogP contribution in [0, 0.1) is 0 Å². The molecule has 0 fully saturated rings. The Hall–Kier alpha value is -1.20. The van der Waals surface area contributed by atoms with E-state index in [4.69, 9.17) is 21.1 Å². The molecule has 0 aliphatic carbocycles. The van der Waals surface area contributed by atoms with Crippen molar-refractivity contribution in [1.29, 1.82) is 0 Å². The summed E-state index contributed by atoms with van der Waals surface area (Å²) in [7, 11) is 1.56. The van der Waals surface area contributed by atoms with E-state index in [1.165, 1.54) is 6.92 Å². The van der Waals surface area contributed by atoms with Crippen LogP contribution < -0.4 is 9.47 Å². The summed E-state index contributed by atoms with van der Waals surface area (Å²) in [5.74, 6) is 0.604. The molecule has 1 aromatic heterocycles. The molecule has 0 atom stereocenters. The Kier molecular flexibility index (Phi) is 3.31. The number of aromatic nitrogens is 1. The van der Waals surface area contributed by atoms with E-state index in [9.17, 15) is 4.79 Å². The van der Waals surface area contributed by atoms with Crippen LogP contribution in [0.15, 0.2) is 16.7 Å². The fourth-order valence-corrected chi connectivity index (χ4v) is 2.23. The molecule has 90 valence electrons. The Labute approximate surface area is 111 Å². The zero-order chi connectivity index (χ0) is 12.6. The molecule has 17 heavy (non-hydrogen) atoms. The highest BCUT2D eigenvalue weighted by atomic mass is 79.9. The molecule has 0 saturated carbocycles. The maximum Gasteiger partial charge on any atom is 0.308 e. The molecule has 0 bridgehead atoms. The first-order valence-electron chi connectivity index (χ1n) is 4.76. The van der Waals surface area contributed by atoms with E-state index in [0.29, 0.717) is 31.9 Å². The van der Waals surface area contributed by atoms with Crippen LogP contribution in [0.3, 0.4) is 0 Å². The number of carbonyl (C=O) groups is 1. The average Bonchev–Trinajstić information content (AvgIpc) is 2.67. The van der Waals surface area contributed by atoms with Crippen molar-refractivity contribution in [3.05, 3.63) is 21.8 Å². The zero-order valence-electron chi connectivity index (χ0n) is 9.14. The number of esters is 1. The lowest BCUT2D eigenvalue weighted by Gasteiger charge is -2.06. The summed E-state index contributed by atoms with van der Waals surface area (Å²) >= 11 is 9.50. The Morgan fingerprint density at radius 1 is 1.47 bits per heavy atom. The van der Waals surface area contributed by atoms with Gasteiger partial charge in [-0.05, 0) is 22.0 Å². The topological polar surface area (TPSA) is 51.3 Å². The summed E-state index contributed by atoms with van der Waals surface area (Å²) in [5, 5.41) is 1.09. The van der Waals surface area contributed by atoms with E-state index in [-0.39, 0.29) is 0 Å². The minimum absolute atomic E-state index is 0.386. The maximum absolute atomic E-state index is 11.0. The number of methoxy groups -OCH3 is 1. The summed E-state index contributed by atoms with van der Waals surface area (Å²) in [6.45, 7) is 1.34. The van der Waals surface area contributed by atoms with Crippen molar-refractivity contribution in [3.8, 4) is 11.5 Å². The third-order valence-corrected chi connectivity index (χ3v) is 3.50. The molecule has 0 unspecified atom stereocenters. The van der Waals surface area contributed by atoms with Crippen molar-refractivity contribution in [1.82, 2.24) is 4.98 Å². The number of halogens is 2. The monoisotopic (exact) mass is 317 g/mol. The van der Waals surface area contributed by atoms with Gasteiger partial charge in [0.05, 0.1) is 23.0 Å². The molecule has 2 aromatic rings. The van der Waals surface area contributed by atoms with E-state index in [0.717, 1.165) is 0 Å². The largest absolute Gasteiger partial charge is 0.495 e. The maximum atomic E-state index is 11.0. The molecule has 4 nitrogen and oxygen atoms in total. The van der Waals surface area contributed by atoms with Crippen LogP contribution in [-0.2, 0) is 4.79 Å². The second kappa shape index (κ2) is 4.58. The van der Waals surface area contributed by atoms with Gasteiger partial charge in [-0.1, -0.05) is 11.6 Å². The van der Waals surface area contributed by atoms with Gasteiger partial charge in [0, 0.05) is 17.6 Å². The minimum atomic E-state index is -0.402. The van der Waals surface area contributed by atoms with Crippen LogP contribution in [0.4, 0.5) is 0 Å². The third-order valence-electron chi connectivity index (χ3n) is 2.25. The Morgan fingerprint density at radius 2 is 2.18 bits per heavy atom. The molecule has 0 amide bonds. The van der Waals surface area contributed by atoms with Crippen molar-refractivity contribution in [2.24, 2.45) is 0 Å². The molecule has 1 N–H and O–H groups in total. The Balaban J connectivity index is 2.73. The molecule has 0 saturated heterocycles. The number of ether oxygens (including phenoxy) is 2. The van der Waals surface area contributed by atoms with Crippen LogP contribution >= 0.6 is 27.5 Å². The van der Waals surface area contributed by atoms with E-state index in [1.54, 1.807) is 19.4 Å². The predicted molar refractivity (Wildman–Crippen MR) is 68.9 cm³/mol. The Morgan fingerprint density at radius 3 is 2.76 bits per heavy atom. The van der Waals surface area contributed by atoms with Gasteiger partial charge in [0.1, 0.15) is 5.75 Å². The van der Waals surface area contributed by atoms with Crippen molar-refractivity contribution < 1.29 is 14.3 Å². The number of benzene rings is 1. The fraction of sp³-hybridized carbons (Fsp3) is 0.182. The first kappa shape index (κ1) is 12.3. The van der Waals surface area contributed by atoms with Gasteiger partial charge in [-0.2, -0.15) is 0 Å². The van der Waals surface area contributed by atoms with Crippen LogP contribution in [0.25, 0.3) is 10.9 Å². The lowest BCUT2D eigenvalue weighted by atomic mass is 10.2. The number of nitrogens with one attached hydrogen (secondary N) is 1. The second-order valence-corrected chi connectivity index (χ2v) is 4.60. The van der Waals surface area contributed by atoms with Gasteiger partial charge in [0.15, 0.2) is 5.75 Å². The van der Waals surface area contributed by atoms with Gasteiger partial charge in [0.25, 0.3) is 0 Å². The minimum Gasteiger partial charge on any atom is -0.495 e. The van der Waals surface area contributed by atoms with Gasteiger partial charge in [-0.15, -0.1) is 0 Å². The summed E-state index contributed by atoms with van der Waals surface area (Å²) in [6.07, 6.45) is 1.58. The van der Waals surface area contributed by atoms with E-state index < -0.39 is 5.97 Å². The summed E-state index contributed by atoms with van der Waals surface area (Å²) < 4.78 is 11.0. The molecular weight excluding hydrogens is 309 g/mol. The van der Waals surface area contributed by atoms with Crippen LogP contribution in [0.5, 0.6) is 11.5 Å².